The molecule has 2 aliphatic heterocycles. The molecule has 7 heteroatoms. The summed E-state index contributed by atoms with van der Waals surface area (Å²) in [5.41, 5.74) is 3.57. The van der Waals surface area contributed by atoms with Gasteiger partial charge < -0.3 is 18.9 Å². The summed E-state index contributed by atoms with van der Waals surface area (Å²) in [4.78, 5) is 18.2. The van der Waals surface area contributed by atoms with E-state index in [1.54, 1.807) is 0 Å². The Morgan fingerprint density at radius 1 is 1.19 bits per heavy atom. The molecule has 0 bridgehead atoms. The molecule has 0 saturated carbocycles. The van der Waals surface area contributed by atoms with Crippen LogP contribution in [0.5, 0.6) is 11.5 Å². The van der Waals surface area contributed by atoms with E-state index >= 15 is 0 Å². The topological polar surface area (TPSA) is 46.9 Å². The molecule has 192 valence electrons. The first-order valence-electron chi connectivity index (χ1n) is 13.0. The molecule has 0 aliphatic carbocycles. The van der Waals surface area contributed by atoms with Crippen LogP contribution in [0.4, 0.5) is 0 Å². The molecular weight excluding hydrogens is 474 g/mol. The third-order valence-corrected chi connectivity index (χ3v) is 7.41. The number of ether oxygens (including phenoxy) is 2. The van der Waals surface area contributed by atoms with Crippen LogP contribution in [0, 0.1) is 11.8 Å². The normalized spacial score (nSPS) is 18.1. The number of aryl methyl sites for hydroxylation is 1. The monoisotopic (exact) mass is 509 g/mol. The van der Waals surface area contributed by atoms with E-state index in [1.807, 2.05) is 17.0 Å². The molecule has 3 aromatic rings. The van der Waals surface area contributed by atoms with Crippen molar-refractivity contribution in [1.82, 2.24) is 14.4 Å². The van der Waals surface area contributed by atoms with Gasteiger partial charge in [0.15, 0.2) is 11.5 Å². The molecule has 5 rings (SSSR count). The van der Waals surface area contributed by atoms with Gasteiger partial charge in [-0.1, -0.05) is 43.6 Å². The van der Waals surface area contributed by atoms with Crippen molar-refractivity contribution in [3.63, 3.8) is 0 Å². The van der Waals surface area contributed by atoms with E-state index in [2.05, 4.69) is 60.8 Å². The van der Waals surface area contributed by atoms with Crippen LogP contribution < -0.4 is 9.47 Å². The van der Waals surface area contributed by atoms with Gasteiger partial charge in [0.2, 0.25) is 5.91 Å². The molecule has 1 amide bonds. The fraction of sp³-hybridized carbons (Fsp3) is 0.483. The van der Waals surface area contributed by atoms with E-state index in [0.717, 1.165) is 38.0 Å². The van der Waals surface area contributed by atoms with Crippen LogP contribution in [0.3, 0.4) is 0 Å². The molecule has 1 fully saturated rings. The maximum Gasteiger partial charge on any atom is 0.227 e. The van der Waals surface area contributed by atoms with Gasteiger partial charge in [0.05, 0.1) is 29.7 Å². The molecule has 1 aromatic heterocycles. The van der Waals surface area contributed by atoms with Crippen molar-refractivity contribution >= 4 is 28.4 Å². The number of para-hydroxylation sites is 1. The fourth-order valence-corrected chi connectivity index (χ4v) is 5.80. The highest BCUT2D eigenvalue weighted by molar-refractivity contribution is 6.32. The minimum Gasteiger partial charge on any atom is -0.489 e. The van der Waals surface area contributed by atoms with Crippen LogP contribution in [0.1, 0.15) is 37.8 Å². The van der Waals surface area contributed by atoms with Gasteiger partial charge in [-0.3, -0.25) is 9.69 Å². The number of carbonyl (C=O) groups is 1. The molecular formula is C29H36ClN3O3. The molecule has 3 heterocycles. The second-order valence-corrected chi connectivity index (χ2v) is 11.0. The van der Waals surface area contributed by atoms with E-state index in [-0.39, 0.29) is 11.8 Å². The van der Waals surface area contributed by atoms with Gasteiger partial charge in [-0.2, -0.15) is 0 Å². The number of halogens is 1. The number of likely N-dealkylation sites (tertiary alicyclic amines) is 1. The average molecular weight is 510 g/mol. The summed E-state index contributed by atoms with van der Waals surface area (Å²) in [6.07, 6.45) is 3.83. The first kappa shape index (κ1) is 25.0. The predicted molar refractivity (Wildman–Crippen MR) is 144 cm³/mol. The highest BCUT2D eigenvalue weighted by Crippen LogP contribution is 2.38. The van der Waals surface area contributed by atoms with Crippen LogP contribution >= 0.6 is 11.6 Å². The molecule has 0 spiro atoms. The van der Waals surface area contributed by atoms with Crippen LogP contribution in [0.2, 0.25) is 5.02 Å². The average Bonchev–Trinajstić information content (AvgIpc) is 3.38. The van der Waals surface area contributed by atoms with Gasteiger partial charge in [0.25, 0.3) is 0 Å². The predicted octanol–water partition coefficient (Wildman–Crippen LogP) is 5.50. The zero-order valence-corrected chi connectivity index (χ0v) is 22.3. The van der Waals surface area contributed by atoms with Crippen molar-refractivity contribution in [3.05, 3.63) is 58.7 Å². The minimum atomic E-state index is 0.00671. The summed E-state index contributed by atoms with van der Waals surface area (Å²) >= 11 is 6.54. The zero-order chi connectivity index (χ0) is 25.2. The quantitative estimate of drug-likeness (QED) is 0.422. The summed E-state index contributed by atoms with van der Waals surface area (Å²) < 4.78 is 13.8. The number of nitrogens with zero attached hydrogens (tertiary/aromatic N) is 3. The van der Waals surface area contributed by atoms with Crippen LogP contribution in [-0.2, 0) is 24.9 Å². The Morgan fingerprint density at radius 3 is 2.86 bits per heavy atom. The summed E-state index contributed by atoms with van der Waals surface area (Å²) in [6.45, 7) is 9.33. The number of hydrogen-bond acceptors (Lipinski definition) is 4. The number of fused-ring (bicyclic) bond motifs is 2. The Labute approximate surface area is 218 Å². The Kier molecular flexibility index (Phi) is 7.44. The van der Waals surface area contributed by atoms with Gasteiger partial charge in [-0.25, -0.2) is 0 Å². The number of rotatable bonds is 7. The van der Waals surface area contributed by atoms with Crippen LogP contribution in [0.15, 0.2) is 42.6 Å². The van der Waals surface area contributed by atoms with Gasteiger partial charge in [0.1, 0.15) is 0 Å². The Bertz CT molecular complexity index is 1240. The molecule has 0 radical (unpaired) electrons. The van der Waals surface area contributed by atoms with E-state index < -0.39 is 0 Å². The summed E-state index contributed by atoms with van der Waals surface area (Å²) in [7, 11) is 2.10. The summed E-state index contributed by atoms with van der Waals surface area (Å²) in [5, 5.41) is 1.81. The van der Waals surface area contributed by atoms with Crippen molar-refractivity contribution < 1.29 is 14.3 Å². The van der Waals surface area contributed by atoms with Gasteiger partial charge in [-0.15, -0.1) is 0 Å². The van der Waals surface area contributed by atoms with E-state index in [0.29, 0.717) is 48.7 Å². The Morgan fingerprint density at radius 2 is 2.03 bits per heavy atom. The Balaban J connectivity index is 1.29. The number of carbonyl (C=O) groups excluding carboxylic acids is 1. The third kappa shape index (κ3) is 5.35. The number of aromatic nitrogens is 1. The summed E-state index contributed by atoms with van der Waals surface area (Å²) in [5.74, 6) is 1.89. The van der Waals surface area contributed by atoms with E-state index in [4.69, 9.17) is 21.1 Å². The molecule has 2 aliphatic rings. The van der Waals surface area contributed by atoms with Crippen molar-refractivity contribution in [1.29, 1.82) is 0 Å². The Hall–Kier alpha value is -2.70. The molecule has 36 heavy (non-hydrogen) atoms. The SMILES string of the molecule is CC(C)CN(Cc1cc(Cl)c2c(c1)OCCCO2)C(=O)[C@@H]1CCN(Cc2cccc3ccn(C)c23)C1. The number of hydrogen-bond donors (Lipinski definition) is 0. The minimum absolute atomic E-state index is 0.00671. The maximum atomic E-state index is 13.7. The van der Waals surface area contributed by atoms with Crippen molar-refractivity contribution in [2.45, 2.75) is 39.8 Å². The number of amides is 1. The highest BCUT2D eigenvalue weighted by Gasteiger charge is 2.32. The third-order valence-electron chi connectivity index (χ3n) is 7.13. The molecule has 0 N–H and O–H groups in total. The maximum absolute atomic E-state index is 13.7. The second kappa shape index (κ2) is 10.7. The number of benzene rings is 2. The van der Waals surface area contributed by atoms with Gasteiger partial charge >= 0.3 is 0 Å². The molecule has 1 atom stereocenters. The van der Waals surface area contributed by atoms with E-state index in [9.17, 15) is 4.79 Å². The van der Waals surface area contributed by atoms with Crippen LogP contribution in [0.25, 0.3) is 10.9 Å². The van der Waals surface area contributed by atoms with Gasteiger partial charge in [0, 0.05) is 45.8 Å². The molecule has 0 unspecified atom stereocenters. The molecule has 1 saturated heterocycles. The van der Waals surface area contributed by atoms with Crippen molar-refractivity contribution in [2.24, 2.45) is 18.9 Å². The largest absolute Gasteiger partial charge is 0.489 e. The lowest BCUT2D eigenvalue weighted by atomic mass is 10.0. The lowest BCUT2D eigenvalue weighted by Crippen LogP contribution is -2.39. The first-order valence-corrected chi connectivity index (χ1v) is 13.4. The summed E-state index contributed by atoms with van der Waals surface area (Å²) in [6, 6.07) is 12.5. The van der Waals surface area contributed by atoms with Crippen LogP contribution in [-0.4, -0.2) is 53.1 Å². The zero-order valence-electron chi connectivity index (χ0n) is 21.5. The van der Waals surface area contributed by atoms with Gasteiger partial charge in [-0.05, 0) is 53.6 Å². The van der Waals surface area contributed by atoms with E-state index in [1.165, 1.54) is 16.5 Å². The highest BCUT2D eigenvalue weighted by atomic mass is 35.5. The van der Waals surface area contributed by atoms with Crippen molar-refractivity contribution in [2.75, 3.05) is 32.8 Å². The second-order valence-electron chi connectivity index (χ2n) is 10.6. The molecule has 2 aromatic carbocycles. The lowest BCUT2D eigenvalue weighted by molar-refractivity contribution is -0.136. The lowest BCUT2D eigenvalue weighted by Gasteiger charge is -2.28. The molecule has 6 nitrogen and oxygen atoms in total. The smallest absolute Gasteiger partial charge is 0.227 e. The standard InChI is InChI=1S/C29H36ClN3O3/c1-20(2)16-33(17-21-14-25(30)28-26(15-21)35-12-5-13-36-28)29(34)24-9-11-32(19-24)18-23-7-4-6-22-8-10-31(3)27(22)23/h4,6-8,10,14-15,20,24H,5,9,11-13,16-19H2,1-3H3/t24-/m1/s1. The first-order chi connectivity index (χ1) is 17.4. The van der Waals surface area contributed by atoms with Crippen molar-refractivity contribution in [3.8, 4) is 11.5 Å². The fourth-order valence-electron chi connectivity index (χ4n) is 5.52.